The van der Waals surface area contributed by atoms with Crippen LogP contribution in [0.2, 0.25) is 0 Å². The van der Waals surface area contributed by atoms with Crippen LogP contribution < -0.4 is 10.6 Å². The van der Waals surface area contributed by atoms with Crippen LogP contribution in [-0.2, 0) is 4.74 Å². The van der Waals surface area contributed by atoms with Gasteiger partial charge in [0.25, 0.3) is 0 Å². The van der Waals surface area contributed by atoms with Crippen LogP contribution in [0, 0.1) is 10.1 Å². The maximum Gasteiger partial charge on any atom is 0.329 e. The molecule has 2 heterocycles. The number of nitrogen functional groups attached to an aromatic ring is 1. The summed E-state index contributed by atoms with van der Waals surface area (Å²) >= 11 is 0. The van der Waals surface area contributed by atoms with Crippen LogP contribution in [0.5, 0.6) is 0 Å². The molecule has 3 rings (SSSR count). The number of ether oxygens (including phenoxy) is 1. The smallest absolute Gasteiger partial charge is 0.329 e. The van der Waals surface area contributed by atoms with Gasteiger partial charge in [0.15, 0.2) is 0 Å². The molecule has 22 heavy (non-hydrogen) atoms. The maximum atomic E-state index is 10.8. The van der Waals surface area contributed by atoms with Crippen molar-refractivity contribution in [1.29, 1.82) is 0 Å². The summed E-state index contributed by atoms with van der Waals surface area (Å²) in [4.78, 5) is 20.4. The van der Waals surface area contributed by atoms with Gasteiger partial charge in [0, 0.05) is 6.54 Å². The van der Waals surface area contributed by atoms with E-state index in [4.69, 9.17) is 10.5 Å². The van der Waals surface area contributed by atoms with Crippen molar-refractivity contribution in [2.75, 3.05) is 30.4 Å². The molecule has 0 saturated carbocycles. The average Bonchev–Trinajstić information content (AvgIpc) is 2.55. The highest BCUT2D eigenvalue weighted by atomic mass is 16.6. The third-order valence-electron chi connectivity index (χ3n) is 3.55. The molecule has 1 fully saturated rings. The number of benzene rings is 1. The minimum Gasteiger partial charge on any atom is -0.378 e. The van der Waals surface area contributed by atoms with Crippen molar-refractivity contribution >= 4 is 17.5 Å². The van der Waals surface area contributed by atoms with Crippen molar-refractivity contribution < 1.29 is 9.66 Å². The first-order chi connectivity index (χ1) is 10.7. The summed E-state index contributed by atoms with van der Waals surface area (Å²) in [7, 11) is 0. The molecule has 0 amide bonds. The summed E-state index contributed by atoms with van der Waals surface area (Å²) in [5.41, 5.74) is 6.45. The van der Waals surface area contributed by atoms with E-state index in [1.54, 1.807) is 0 Å². The Hall–Kier alpha value is -2.74. The second-order valence-electron chi connectivity index (χ2n) is 4.89. The third kappa shape index (κ3) is 2.68. The van der Waals surface area contributed by atoms with Gasteiger partial charge in [-0.1, -0.05) is 30.3 Å². The Morgan fingerprint density at radius 3 is 2.82 bits per heavy atom. The molecular weight excluding hydrogens is 286 g/mol. The topological polar surface area (TPSA) is 107 Å². The van der Waals surface area contributed by atoms with Crippen molar-refractivity contribution in [2.45, 2.75) is 6.04 Å². The van der Waals surface area contributed by atoms with Crippen LogP contribution in [0.3, 0.4) is 0 Å². The Morgan fingerprint density at radius 2 is 2.14 bits per heavy atom. The molecule has 1 saturated heterocycles. The first-order valence-electron chi connectivity index (χ1n) is 6.83. The number of aromatic nitrogens is 2. The number of nitrogens with zero attached hydrogens (tertiary/aromatic N) is 4. The number of nitro groups is 1. The summed E-state index contributed by atoms with van der Waals surface area (Å²) in [6, 6.07) is 9.80. The van der Waals surface area contributed by atoms with Gasteiger partial charge < -0.3 is 15.4 Å². The predicted octanol–water partition coefficient (Wildman–Crippen LogP) is 1.54. The molecule has 2 aromatic rings. The van der Waals surface area contributed by atoms with E-state index in [-0.39, 0.29) is 17.5 Å². The van der Waals surface area contributed by atoms with Crippen LogP contribution in [0.1, 0.15) is 11.6 Å². The number of hydrogen-bond donors (Lipinski definition) is 1. The van der Waals surface area contributed by atoms with Crippen LogP contribution >= 0.6 is 0 Å². The zero-order valence-corrected chi connectivity index (χ0v) is 11.8. The van der Waals surface area contributed by atoms with Gasteiger partial charge in [-0.3, -0.25) is 10.1 Å². The lowest BCUT2D eigenvalue weighted by Gasteiger charge is -2.35. The lowest BCUT2D eigenvalue weighted by atomic mass is 10.1. The number of anilines is 2. The molecule has 0 aliphatic carbocycles. The number of nitrogens with two attached hydrogens (primary N) is 1. The lowest BCUT2D eigenvalue weighted by molar-refractivity contribution is -0.384. The van der Waals surface area contributed by atoms with E-state index in [1.165, 1.54) is 0 Å². The fraction of sp³-hybridized carbons (Fsp3) is 0.286. The van der Waals surface area contributed by atoms with Crippen molar-refractivity contribution in [3.05, 3.63) is 52.2 Å². The summed E-state index contributed by atoms with van der Waals surface area (Å²) in [6.45, 7) is 1.64. The molecular formula is C14H15N5O3. The van der Waals surface area contributed by atoms with Crippen LogP contribution in [-0.4, -0.2) is 34.6 Å². The summed E-state index contributed by atoms with van der Waals surface area (Å²) < 4.78 is 5.54. The third-order valence-corrected chi connectivity index (χ3v) is 3.55. The van der Waals surface area contributed by atoms with Gasteiger partial charge in [0.1, 0.15) is 6.20 Å². The zero-order valence-electron chi connectivity index (χ0n) is 11.8. The van der Waals surface area contributed by atoms with Gasteiger partial charge >= 0.3 is 5.69 Å². The van der Waals surface area contributed by atoms with E-state index < -0.39 is 4.92 Å². The minimum absolute atomic E-state index is 0.0455. The lowest BCUT2D eigenvalue weighted by Crippen LogP contribution is -2.40. The standard InChI is InChI=1S/C14H15N5O3/c15-13-11(19(20)21)8-16-14(17-13)18-6-7-22-9-12(18)10-4-2-1-3-5-10/h1-5,8,12H,6-7,9H2,(H2,15,16,17)/t12-/m0/s1. The SMILES string of the molecule is Nc1nc(N2CCOC[C@H]2c2ccccc2)ncc1[N+](=O)[O-]. The molecule has 0 spiro atoms. The van der Waals surface area contributed by atoms with Gasteiger partial charge in [-0.2, -0.15) is 4.98 Å². The molecule has 0 unspecified atom stereocenters. The predicted molar refractivity (Wildman–Crippen MR) is 80.4 cm³/mol. The second kappa shape index (κ2) is 5.94. The largest absolute Gasteiger partial charge is 0.378 e. The van der Waals surface area contributed by atoms with E-state index in [0.717, 1.165) is 11.8 Å². The molecule has 1 aliphatic rings. The number of morpholine rings is 1. The zero-order chi connectivity index (χ0) is 15.5. The van der Waals surface area contributed by atoms with Crippen LogP contribution in [0.25, 0.3) is 0 Å². The molecule has 1 aromatic carbocycles. The molecule has 8 heteroatoms. The molecule has 1 aromatic heterocycles. The van der Waals surface area contributed by atoms with Crippen LogP contribution in [0.15, 0.2) is 36.5 Å². The Bertz CT molecular complexity index is 679. The van der Waals surface area contributed by atoms with E-state index in [2.05, 4.69) is 9.97 Å². The highest BCUT2D eigenvalue weighted by Gasteiger charge is 2.28. The fourth-order valence-electron chi connectivity index (χ4n) is 2.45. The molecule has 2 N–H and O–H groups in total. The molecule has 0 radical (unpaired) electrons. The fourth-order valence-corrected chi connectivity index (χ4v) is 2.45. The normalized spacial score (nSPS) is 18.2. The summed E-state index contributed by atoms with van der Waals surface area (Å²) in [6.07, 6.45) is 1.15. The van der Waals surface area contributed by atoms with Crippen molar-refractivity contribution in [1.82, 2.24) is 9.97 Å². The Labute approximate surface area is 126 Å². The van der Waals surface area contributed by atoms with Crippen LogP contribution in [0.4, 0.5) is 17.5 Å². The number of hydrogen-bond acceptors (Lipinski definition) is 7. The average molecular weight is 301 g/mol. The maximum absolute atomic E-state index is 10.8. The molecule has 8 nitrogen and oxygen atoms in total. The molecule has 114 valence electrons. The van der Waals surface area contributed by atoms with E-state index in [9.17, 15) is 10.1 Å². The summed E-state index contributed by atoms with van der Waals surface area (Å²) in [5.74, 6) is 0.244. The Balaban J connectivity index is 1.94. The number of rotatable bonds is 3. The monoisotopic (exact) mass is 301 g/mol. The van der Waals surface area contributed by atoms with Crippen molar-refractivity contribution in [3.63, 3.8) is 0 Å². The highest BCUT2D eigenvalue weighted by molar-refractivity contribution is 5.54. The van der Waals surface area contributed by atoms with Crippen molar-refractivity contribution in [2.24, 2.45) is 0 Å². The first kappa shape index (κ1) is 14.2. The van der Waals surface area contributed by atoms with Gasteiger partial charge in [-0.15, -0.1) is 0 Å². The summed E-state index contributed by atoms with van der Waals surface area (Å²) in [5, 5.41) is 10.8. The quantitative estimate of drug-likeness (QED) is 0.676. The Morgan fingerprint density at radius 1 is 1.36 bits per heavy atom. The Kier molecular flexibility index (Phi) is 3.84. The van der Waals surface area contributed by atoms with Gasteiger partial charge in [0.2, 0.25) is 11.8 Å². The van der Waals surface area contributed by atoms with Crippen molar-refractivity contribution in [3.8, 4) is 0 Å². The molecule has 1 atom stereocenters. The van der Waals surface area contributed by atoms with Gasteiger partial charge in [0.05, 0.1) is 24.2 Å². The highest BCUT2D eigenvalue weighted by Crippen LogP contribution is 2.29. The second-order valence-corrected chi connectivity index (χ2v) is 4.89. The van der Waals surface area contributed by atoms with Gasteiger partial charge in [-0.05, 0) is 5.56 Å². The van der Waals surface area contributed by atoms with E-state index in [1.807, 2.05) is 35.2 Å². The van der Waals surface area contributed by atoms with Gasteiger partial charge in [-0.25, -0.2) is 4.98 Å². The molecule has 1 aliphatic heterocycles. The molecule has 0 bridgehead atoms. The van der Waals surface area contributed by atoms with E-state index in [0.29, 0.717) is 25.7 Å². The van der Waals surface area contributed by atoms with E-state index >= 15 is 0 Å². The first-order valence-corrected chi connectivity index (χ1v) is 6.83. The minimum atomic E-state index is -0.590.